The Morgan fingerprint density at radius 1 is 1.25 bits per heavy atom. The van der Waals surface area contributed by atoms with Gasteiger partial charge in [-0.05, 0) is 27.2 Å². The fourth-order valence-electron chi connectivity index (χ4n) is 3.37. The first-order chi connectivity index (χ1) is 10.8. The molecule has 1 fully saturated rings. The van der Waals surface area contributed by atoms with E-state index in [2.05, 4.69) is 30.8 Å². The zero-order valence-electron chi connectivity index (χ0n) is 15.6. The molecule has 2 N–H and O–H groups in total. The summed E-state index contributed by atoms with van der Waals surface area (Å²) in [5.41, 5.74) is 9.08. The smallest absolute Gasteiger partial charge is 0.242 e. The van der Waals surface area contributed by atoms with Gasteiger partial charge in [0.1, 0.15) is 0 Å². The van der Waals surface area contributed by atoms with Crippen LogP contribution in [-0.2, 0) is 18.4 Å². The monoisotopic (exact) mass is 357 g/mol. The van der Waals surface area contributed by atoms with Crippen LogP contribution in [0.15, 0.2) is 0 Å². The lowest BCUT2D eigenvalue weighted by atomic mass is 9.95. The van der Waals surface area contributed by atoms with Crippen molar-refractivity contribution in [2.75, 3.05) is 26.2 Å². The number of aromatic nitrogens is 2. The fraction of sp³-hybridized carbons (Fsp3) is 0.765. The Hall–Kier alpha value is -1.11. The molecule has 24 heavy (non-hydrogen) atoms. The molecule has 1 aromatic heterocycles. The molecule has 0 spiro atoms. The van der Waals surface area contributed by atoms with Crippen LogP contribution >= 0.6 is 12.4 Å². The fourth-order valence-corrected chi connectivity index (χ4v) is 3.37. The van der Waals surface area contributed by atoms with Gasteiger partial charge in [-0.3, -0.25) is 14.4 Å². The number of carbonyl (C=O) groups excluding carboxylic acids is 1. The molecule has 0 aromatic carbocycles. The lowest BCUT2D eigenvalue weighted by molar-refractivity contribution is -0.138. The maximum atomic E-state index is 12.6. The lowest BCUT2D eigenvalue weighted by Crippen LogP contribution is -2.58. The van der Waals surface area contributed by atoms with Crippen molar-refractivity contribution in [2.24, 2.45) is 12.8 Å². The molecular formula is C17H32ClN5O. The van der Waals surface area contributed by atoms with Gasteiger partial charge in [0, 0.05) is 51.0 Å². The van der Waals surface area contributed by atoms with Crippen LogP contribution in [0.4, 0.5) is 0 Å². The number of halogens is 1. The van der Waals surface area contributed by atoms with E-state index in [1.165, 1.54) is 11.3 Å². The third kappa shape index (κ3) is 4.49. The first-order valence-electron chi connectivity index (χ1n) is 8.56. The van der Waals surface area contributed by atoms with Crippen LogP contribution in [0.2, 0.25) is 0 Å². The van der Waals surface area contributed by atoms with E-state index >= 15 is 0 Å². The van der Waals surface area contributed by atoms with Crippen LogP contribution in [-0.4, -0.2) is 57.2 Å². The third-order valence-electron chi connectivity index (χ3n) is 4.96. The molecule has 2 heterocycles. The highest BCUT2D eigenvalue weighted by Gasteiger charge is 2.33. The highest BCUT2D eigenvalue weighted by molar-refractivity contribution is 5.86. The van der Waals surface area contributed by atoms with Gasteiger partial charge in [0.15, 0.2) is 0 Å². The van der Waals surface area contributed by atoms with Gasteiger partial charge in [0.05, 0.1) is 11.2 Å². The van der Waals surface area contributed by atoms with Crippen molar-refractivity contribution in [3.05, 3.63) is 17.0 Å². The summed E-state index contributed by atoms with van der Waals surface area (Å²) in [6.07, 6.45) is 1.67. The van der Waals surface area contributed by atoms with Crippen LogP contribution in [0, 0.1) is 13.8 Å². The van der Waals surface area contributed by atoms with Crippen LogP contribution in [0.25, 0.3) is 0 Å². The van der Waals surface area contributed by atoms with Gasteiger partial charge in [-0.2, -0.15) is 5.10 Å². The van der Waals surface area contributed by atoms with Gasteiger partial charge in [-0.1, -0.05) is 13.3 Å². The molecule has 6 nitrogen and oxygen atoms in total. The number of hydrogen-bond acceptors (Lipinski definition) is 4. The molecule has 1 unspecified atom stereocenters. The molecule has 1 aromatic rings. The Morgan fingerprint density at radius 3 is 2.29 bits per heavy atom. The second kappa shape index (κ2) is 8.32. The summed E-state index contributed by atoms with van der Waals surface area (Å²) in [5, 5.41) is 4.48. The summed E-state index contributed by atoms with van der Waals surface area (Å²) < 4.78 is 1.94. The van der Waals surface area contributed by atoms with E-state index in [9.17, 15) is 4.79 Å². The second-order valence-electron chi connectivity index (χ2n) is 7.01. The average Bonchev–Trinajstić information content (AvgIpc) is 2.74. The van der Waals surface area contributed by atoms with E-state index in [0.29, 0.717) is 0 Å². The number of hydrogen-bond donors (Lipinski definition) is 1. The molecule has 1 amide bonds. The van der Waals surface area contributed by atoms with Gasteiger partial charge in [0.25, 0.3) is 0 Å². The number of carbonyl (C=O) groups is 1. The Balaban J connectivity index is 0.00000288. The van der Waals surface area contributed by atoms with Crippen molar-refractivity contribution in [1.29, 1.82) is 0 Å². The summed E-state index contributed by atoms with van der Waals surface area (Å²) in [4.78, 5) is 16.9. The van der Waals surface area contributed by atoms with Crippen molar-refractivity contribution in [3.63, 3.8) is 0 Å². The maximum absolute atomic E-state index is 12.6. The minimum Gasteiger partial charge on any atom is -0.339 e. The molecule has 0 saturated carbocycles. The number of piperazine rings is 1. The molecule has 0 bridgehead atoms. The Labute approximate surface area is 151 Å². The Morgan fingerprint density at radius 2 is 1.83 bits per heavy atom. The number of nitrogens with two attached hydrogens (primary N) is 1. The highest BCUT2D eigenvalue weighted by Crippen LogP contribution is 2.18. The Bertz CT molecular complexity index is 562. The standard InChI is InChI=1S/C17H31N5O.ClH/c1-6-7-17(4,18)16(23)22-10-8-21(9-11-22)12-15-13(2)19-20(5)14(15)3;/h6-12,18H2,1-5H3;1H. The summed E-state index contributed by atoms with van der Waals surface area (Å²) in [6, 6.07) is 0. The van der Waals surface area contributed by atoms with Crippen LogP contribution in [0.1, 0.15) is 43.6 Å². The molecule has 2 rings (SSSR count). The van der Waals surface area contributed by atoms with E-state index in [4.69, 9.17) is 5.73 Å². The molecule has 1 saturated heterocycles. The minimum atomic E-state index is -0.729. The minimum absolute atomic E-state index is 0. The average molecular weight is 358 g/mol. The molecular weight excluding hydrogens is 326 g/mol. The normalized spacial score (nSPS) is 18.2. The van der Waals surface area contributed by atoms with Crippen molar-refractivity contribution < 1.29 is 4.79 Å². The maximum Gasteiger partial charge on any atom is 0.242 e. The third-order valence-corrected chi connectivity index (χ3v) is 4.96. The number of nitrogens with zero attached hydrogens (tertiary/aromatic N) is 4. The molecule has 138 valence electrons. The zero-order chi connectivity index (χ0) is 17.2. The topological polar surface area (TPSA) is 67.4 Å². The van der Waals surface area contributed by atoms with E-state index in [-0.39, 0.29) is 18.3 Å². The number of aryl methyl sites for hydroxylation is 2. The largest absolute Gasteiger partial charge is 0.339 e. The molecule has 0 radical (unpaired) electrons. The second-order valence-corrected chi connectivity index (χ2v) is 7.01. The predicted molar refractivity (Wildman–Crippen MR) is 99.3 cm³/mol. The van der Waals surface area contributed by atoms with Crippen molar-refractivity contribution in [1.82, 2.24) is 19.6 Å². The lowest BCUT2D eigenvalue weighted by Gasteiger charge is -2.38. The Kier molecular flexibility index (Phi) is 7.25. The van der Waals surface area contributed by atoms with Gasteiger partial charge >= 0.3 is 0 Å². The van der Waals surface area contributed by atoms with Crippen molar-refractivity contribution >= 4 is 18.3 Å². The summed E-state index contributed by atoms with van der Waals surface area (Å²) >= 11 is 0. The summed E-state index contributed by atoms with van der Waals surface area (Å²) in [7, 11) is 1.98. The van der Waals surface area contributed by atoms with E-state index in [1.807, 2.05) is 23.6 Å². The molecule has 0 aliphatic carbocycles. The molecule has 7 heteroatoms. The van der Waals surface area contributed by atoms with Crippen LogP contribution in [0.5, 0.6) is 0 Å². The summed E-state index contributed by atoms with van der Waals surface area (Å²) in [6.45, 7) is 12.3. The first kappa shape index (κ1) is 20.9. The first-order valence-corrected chi connectivity index (χ1v) is 8.56. The van der Waals surface area contributed by atoms with Gasteiger partial charge in [0.2, 0.25) is 5.91 Å². The molecule has 1 atom stereocenters. The van der Waals surface area contributed by atoms with Gasteiger partial charge in [-0.15, -0.1) is 12.4 Å². The highest BCUT2D eigenvalue weighted by atomic mass is 35.5. The molecule has 1 aliphatic rings. The van der Waals surface area contributed by atoms with E-state index in [0.717, 1.165) is 51.3 Å². The quantitative estimate of drug-likeness (QED) is 0.869. The van der Waals surface area contributed by atoms with Crippen LogP contribution < -0.4 is 5.73 Å². The summed E-state index contributed by atoms with van der Waals surface area (Å²) in [5.74, 6) is 0.0905. The van der Waals surface area contributed by atoms with Crippen molar-refractivity contribution in [3.8, 4) is 0 Å². The van der Waals surface area contributed by atoms with Crippen molar-refractivity contribution in [2.45, 2.75) is 52.6 Å². The van der Waals surface area contributed by atoms with Gasteiger partial charge < -0.3 is 10.6 Å². The van der Waals surface area contributed by atoms with Crippen LogP contribution in [0.3, 0.4) is 0 Å². The van der Waals surface area contributed by atoms with E-state index in [1.54, 1.807) is 0 Å². The van der Waals surface area contributed by atoms with Gasteiger partial charge in [-0.25, -0.2) is 0 Å². The number of amides is 1. The molecule has 1 aliphatic heterocycles. The SMILES string of the molecule is CCCC(C)(N)C(=O)N1CCN(Cc2c(C)nn(C)c2C)CC1.Cl. The number of rotatable bonds is 5. The predicted octanol–water partition coefficient (Wildman–Crippen LogP) is 1.62. The van der Waals surface area contributed by atoms with E-state index < -0.39 is 5.54 Å². The zero-order valence-corrected chi connectivity index (χ0v) is 16.4.